The molecule has 4 heteroatoms. The Balaban J connectivity index is 0.00000312. The zero-order valence-electron chi connectivity index (χ0n) is 17.7. The minimum atomic E-state index is -0.315. The Morgan fingerprint density at radius 3 is 1.88 bits per heavy atom. The second-order valence-corrected chi connectivity index (χ2v) is 11.5. The maximum Gasteiger partial charge on any atom is -0.147 e. The summed E-state index contributed by atoms with van der Waals surface area (Å²) >= 11 is -0.315. The standard InChI is InChI=1S/C18H23.C4H10N.2ClH.Ti/c1-11(2)16-9-7-8-10-17(16)18-14(5)12(3)13(4)15(18)6;1-4(2,3)5;;;/h7-10,14H,1-6H3;5H,1-3H3;2*1H;/q;-1;;;+1. The Hall–Kier alpha value is -0.0457. The molecule has 0 aromatic heterocycles. The zero-order chi connectivity index (χ0) is 18.3. The number of allylic oxidation sites excluding steroid dienone is 4. The molecule has 0 saturated heterocycles. The molecule has 1 aliphatic carbocycles. The van der Waals surface area contributed by atoms with E-state index in [1.54, 1.807) is 0 Å². The fourth-order valence-electron chi connectivity index (χ4n) is 3.47. The maximum absolute atomic E-state index is 3.82. The Morgan fingerprint density at radius 1 is 0.885 bits per heavy atom. The average molecular weight is 432 g/mol. The summed E-state index contributed by atoms with van der Waals surface area (Å²) in [5, 5.41) is 0. The van der Waals surface area contributed by atoms with Gasteiger partial charge in [-0.05, 0) is 0 Å². The van der Waals surface area contributed by atoms with Crippen LogP contribution in [-0.4, -0.2) is 5.54 Å². The predicted molar refractivity (Wildman–Crippen MR) is 117 cm³/mol. The van der Waals surface area contributed by atoms with Gasteiger partial charge in [-0.15, -0.1) is 24.8 Å². The molecule has 1 unspecified atom stereocenters. The van der Waals surface area contributed by atoms with Crippen molar-refractivity contribution in [3.05, 3.63) is 52.1 Å². The molecular weight excluding hydrogens is 397 g/mol. The van der Waals surface area contributed by atoms with Gasteiger partial charge in [0.15, 0.2) is 0 Å². The third kappa shape index (κ3) is 5.49. The summed E-state index contributed by atoms with van der Waals surface area (Å²) in [6.07, 6.45) is 0. The number of halogens is 2. The Bertz CT molecular complexity index is 696. The number of hydrogen-bond donors (Lipinski definition) is 1. The van der Waals surface area contributed by atoms with Gasteiger partial charge in [-0.2, -0.15) is 0 Å². The van der Waals surface area contributed by atoms with Gasteiger partial charge in [0.25, 0.3) is 0 Å². The van der Waals surface area contributed by atoms with E-state index in [0.29, 0.717) is 5.92 Å². The second kappa shape index (κ2) is 9.44. The molecule has 1 aromatic rings. The van der Waals surface area contributed by atoms with Crippen molar-refractivity contribution >= 4 is 30.4 Å². The molecule has 0 aliphatic heterocycles. The summed E-state index contributed by atoms with van der Waals surface area (Å²) in [4.78, 5) is 0. The van der Waals surface area contributed by atoms with Gasteiger partial charge < -0.3 is 0 Å². The molecule has 1 aliphatic rings. The second-order valence-electron chi connectivity index (χ2n) is 8.74. The maximum atomic E-state index is 3.82. The largest absolute Gasteiger partial charge is 0.147 e. The van der Waals surface area contributed by atoms with E-state index >= 15 is 0 Å². The fraction of sp³-hybridized carbons (Fsp3) is 0.545. The van der Waals surface area contributed by atoms with Gasteiger partial charge >= 0.3 is 158 Å². The molecule has 0 amide bonds. The molecule has 1 nitrogen and oxygen atoms in total. The topological polar surface area (TPSA) is 12.0 Å². The van der Waals surface area contributed by atoms with E-state index in [4.69, 9.17) is 0 Å². The molecule has 1 aromatic carbocycles. The monoisotopic (exact) mass is 431 g/mol. The first-order valence-electron chi connectivity index (χ1n) is 8.98. The minimum absolute atomic E-state index is 0. The van der Waals surface area contributed by atoms with Crippen molar-refractivity contribution in [2.75, 3.05) is 0 Å². The summed E-state index contributed by atoms with van der Waals surface area (Å²) in [5.74, 6) is 0.525. The first kappa shape index (κ1) is 26.0. The van der Waals surface area contributed by atoms with Crippen LogP contribution in [0.4, 0.5) is 0 Å². The third-order valence-corrected chi connectivity index (χ3v) is 8.04. The van der Waals surface area contributed by atoms with Crippen LogP contribution in [0, 0.1) is 5.92 Å². The fourth-order valence-corrected chi connectivity index (χ4v) is 5.10. The third-order valence-electron chi connectivity index (χ3n) is 5.28. The van der Waals surface area contributed by atoms with Crippen LogP contribution in [0.15, 0.2) is 41.0 Å². The van der Waals surface area contributed by atoms with E-state index in [0.717, 1.165) is 0 Å². The number of hydrogen-bond acceptors (Lipinski definition) is 1. The Labute approximate surface area is 182 Å². The normalized spacial score (nSPS) is 17.8. The number of nitrogens with one attached hydrogen (secondary N) is 1. The number of rotatable bonds is 4. The smallest absolute Gasteiger partial charge is 0.147 e. The van der Waals surface area contributed by atoms with Crippen molar-refractivity contribution in [1.29, 1.82) is 0 Å². The van der Waals surface area contributed by atoms with Gasteiger partial charge in [-0.1, -0.05) is 0 Å². The summed E-state index contributed by atoms with van der Waals surface area (Å²) in [6.45, 7) is 20.8. The molecule has 26 heavy (non-hydrogen) atoms. The van der Waals surface area contributed by atoms with Crippen LogP contribution in [0.1, 0.15) is 73.4 Å². The number of benzene rings is 1. The van der Waals surface area contributed by atoms with E-state index in [2.05, 4.69) is 90.4 Å². The van der Waals surface area contributed by atoms with Gasteiger partial charge in [0.05, 0.1) is 0 Å². The first-order chi connectivity index (χ1) is 11.0. The molecule has 0 spiro atoms. The van der Waals surface area contributed by atoms with Gasteiger partial charge in [0.1, 0.15) is 0 Å². The minimum Gasteiger partial charge on any atom is -0.147 e. The molecule has 2 rings (SSSR count). The Kier molecular flexibility index (Phi) is 9.42. The molecule has 0 saturated carbocycles. The summed E-state index contributed by atoms with van der Waals surface area (Å²) in [6, 6.07) is 9.08. The van der Waals surface area contributed by atoms with Crippen LogP contribution in [0.3, 0.4) is 0 Å². The van der Waals surface area contributed by atoms with Gasteiger partial charge in [0, 0.05) is 0 Å². The van der Waals surface area contributed by atoms with Crippen LogP contribution < -0.4 is 3.80 Å². The predicted octanol–water partition coefficient (Wildman–Crippen LogP) is 6.91. The van der Waals surface area contributed by atoms with Crippen LogP contribution in [0.2, 0.25) is 0 Å². The molecule has 1 N–H and O–H groups in total. The van der Waals surface area contributed by atoms with E-state index < -0.39 is 0 Å². The Morgan fingerprint density at radius 2 is 1.42 bits per heavy atom. The van der Waals surface area contributed by atoms with Gasteiger partial charge in [-0.3, -0.25) is 0 Å². The van der Waals surface area contributed by atoms with E-state index in [9.17, 15) is 0 Å². The molecule has 0 bridgehead atoms. The molecule has 0 fully saturated rings. The molecule has 0 heterocycles. The molecule has 1 atom stereocenters. The summed E-state index contributed by atoms with van der Waals surface area (Å²) in [7, 11) is 0. The van der Waals surface area contributed by atoms with E-state index in [-0.39, 0.29) is 53.5 Å². The van der Waals surface area contributed by atoms with Crippen LogP contribution in [-0.2, 0) is 23.1 Å². The zero-order valence-corrected chi connectivity index (χ0v) is 20.9. The van der Waals surface area contributed by atoms with Crippen LogP contribution in [0.5, 0.6) is 0 Å². The van der Waals surface area contributed by atoms with Gasteiger partial charge in [0.2, 0.25) is 0 Å². The van der Waals surface area contributed by atoms with Crippen molar-refractivity contribution in [1.82, 2.24) is 3.80 Å². The SMILES string of the molecule is CC1=C(C)C(C)C(c2ccccc2[C](C)(C)[Ti][NH]C(C)(C)C)=C1C.Cl.Cl. The summed E-state index contributed by atoms with van der Waals surface area (Å²) < 4.78 is 4.03. The summed E-state index contributed by atoms with van der Waals surface area (Å²) in [5.41, 5.74) is 9.18. The molecule has 146 valence electrons. The van der Waals surface area contributed by atoms with Gasteiger partial charge in [-0.25, -0.2) is 0 Å². The van der Waals surface area contributed by atoms with Crippen molar-refractivity contribution < 1.29 is 19.4 Å². The average Bonchev–Trinajstić information content (AvgIpc) is 2.69. The van der Waals surface area contributed by atoms with Crippen molar-refractivity contribution in [2.45, 2.75) is 71.6 Å². The molecular formula is C22H35Cl2NTi. The first-order valence-corrected chi connectivity index (χ1v) is 10.5. The van der Waals surface area contributed by atoms with Crippen molar-refractivity contribution in [3.63, 3.8) is 0 Å². The van der Waals surface area contributed by atoms with E-state index in [1.807, 2.05) is 0 Å². The molecule has 0 radical (unpaired) electrons. The van der Waals surface area contributed by atoms with Crippen molar-refractivity contribution in [3.8, 4) is 0 Å². The quantitative estimate of drug-likeness (QED) is 0.510. The van der Waals surface area contributed by atoms with Crippen molar-refractivity contribution in [2.24, 2.45) is 5.92 Å². The van der Waals surface area contributed by atoms with Crippen LogP contribution in [0.25, 0.3) is 5.57 Å². The van der Waals surface area contributed by atoms with Crippen LogP contribution >= 0.6 is 24.8 Å². The van der Waals surface area contributed by atoms with E-state index in [1.165, 1.54) is 33.4 Å².